The number of benzene rings is 3. The van der Waals surface area contributed by atoms with Crippen LogP contribution in [0.25, 0.3) is 16.3 Å². The van der Waals surface area contributed by atoms with Crippen LogP contribution in [0.15, 0.2) is 66.4 Å². The summed E-state index contributed by atoms with van der Waals surface area (Å²) in [5.41, 5.74) is 4.44. The SMILES string of the molecule is CCCCOCCCN1C(=O)C(Nc2cccc3ccccc23)=C(c2ccc(C)cc2C)C1=O. The summed E-state index contributed by atoms with van der Waals surface area (Å²) in [6.45, 7) is 7.69. The molecule has 34 heavy (non-hydrogen) atoms. The molecule has 5 heteroatoms. The minimum absolute atomic E-state index is 0.256. The molecule has 176 valence electrons. The van der Waals surface area contributed by atoms with E-state index in [0.29, 0.717) is 37.4 Å². The van der Waals surface area contributed by atoms with Crippen molar-refractivity contribution in [2.24, 2.45) is 0 Å². The molecule has 1 aliphatic heterocycles. The molecule has 3 aromatic rings. The van der Waals surface area contributed by atoms with E-state index in [1.165, 1.54) is 4.90 Å². The van der Waals surface area contributed by atoms with E-state index in [1.807, 2.05) is 74.5 Å². The van der Waals surface area contributed by atoms with Gasteiger partial charge in [-0.2, -0.15) is 0 Å². The van der Waals surface area contributed by atoms with Crippen LogP contribution in [0.4, 0.5) is 5.69 Å². The molecule has 2 amide bonds. The zero-order chi connectivity index (χ0) is 24.1. The molecule has 0 radical (unpaired) electrons. The van der Waals surface area contributed by atoms with E-state index in [0.717, 1.165) is 46.0 Å². The maximum absolute atomic E-state index is 13.6. The average molecular weight is 457 g/mol. The lowest BCUT2D eigenvalue weighted by atomic mass is 9.97. The highest BCUT2D eigenvalue weighted by Crippen LogP contribution is 2.34. The van der Waals surface area contributed by atoms with Crippen molar-refractivity contribution in [3.05, 3.63) is 83.1 Å². The lowest BCUT2D eigenvalue weighted by Crippen LogP contribution is -2.34. The van der Waals surface area contributed by atoms with Gasteiger partial charge in [0.15, 0.2) is 0 Å². The molecule has 1 heterocycles. The molecule has 0 bridgehead atoms. The molecular formula is C29H32N2O3. The number of carbonyl (C=O) groups excluding carboxylic acids is 2. The Balaban J connectivity index is 1.67. The van der Waals surface area contributed by atoms with Crippen LogP contribution in [0.2, 0.25) is 0 Å². The van der Waals surface area contributed by atoms with Gasteiger partial charge in [-0.05, 0) is 49.3 Å². The zero-order valence-electron chi connectivity index (χ0n) is 20.2. The fourth-order valence-corrected chi connectivity index (χ4v) is 4.38. The molecule has 0 spiro atoms. The first kappa shape index (κ1) is 23.7. The summed E-state index contributed by atoms with van der Waals surface area (Å²) in [7, 11) is 0. The third-order valence-corrected chi connectivity index (χ3v) is 6.18. The van der Waals surface area contributed by atoms with Gasteiger partial charge in [-0.3, -0.25) is 14.5 Å². The number of anilines is 1. The quantitative estimate of drug-likeness (QED) is 0.307. The smallest absolute Gasteiger partial charge is 0.278 e. The molecule has 0 aromatic heterocycles. The van der Waals surface area contributed by atoms with Crippen molar-refractivity contribution < 1.29 is 14.3 Å². The average Bonchev–Trinajstić information content (AvgIpc) is 3.05. The highest BCUT2D eigenvalue weighted by molar-refractivity contribution is 6.37. The summed E-state index contributed by atoms with van der Waals surface area (Å²) in [4.78, 5) is 28.4. The predicted octanol–water partition coefficient (Wildman–Crippen LogP) is 5.86. The monoisotopic (exact) mass is 456 g/mol. The molecule has 0 fully saturated rings. The van der Waals surface area contributed by atoms with E-state index in [2.05, 4.69) is 12.2 Å². The molecule has 0 saturated heterocycles. The van der Waals surface area contributed by atoms with Gasteiger partial charge in [0, 0.05) is 30.8 Å². The number of nitrogens with one attached hydrogen (secondary N) is 1. The van der Waals surface area contributed by atoms with E-state index < -0.39 is 0 Å². The number of aryl methyl sites for hydroxylation is 2. The van der Waals surface area contributed by atoms with Gasteiger partial charge >= 0.3 is 0 Å². The van der Waals surface area contributed by atoms with E-state index in [-0.39, 0.29) is 11.8 Å². The lowest BCUT2D eigenvalue weighted by molar-refractivity contribution is -0.137. The fraction of sp³-hybridized carbons (Fsp3) is 0.310. The van der Waals surface area contributed by atoms with E-state index in [4.69, 9.17) is 4.74 Å². The minimum Gasteiger partial charge on any atom is -0.381 e. The van der Waals surface area contributed by atoms with E-state index in [1.54, 1.807) is 0 Å². The molecule has 5 nitrogen and oxygen atoms in total. The Morgan fingerprint density at radius 1 is 0.882 bits per heavy atom. The molecular weight excluding hydrogens is 424 g/mol. The Bertz CT molecular complexity index is 1240. The molecule has 1 N–H and O–H groups in total. The number of unbranched alkanes of at least 4 members (excludes halogenated alkanes) is 1. The predicted molar refractivity (Wildman–Crippen MR) is 137 cm³/mol. The van der Waals surface area contributed by atoms with Crippen LogP contribution >= 0.6 is 0 Å². The second kappa shape index (κ2) is 10.7. The molecule has 3 aromatic carbocycles. The summed E-state index contributed by atoms with van der Waals surface area (Å²) in [5, 5.41) is 5.41. The summed E-state index contributed by atoms with van der Waals surface area (Å²) in [5.74, 6) is -0.547. The molecule has 1 aliphatic rings. The minimum atomic E-state index is -0.290. The molecule has 4 rings (SSSR count). The number of hydrogen-bond acceptors (Lipinski definition) is 4. The number of fused-ring (bicyclic) bond motifs is 1. The van der Waals surface area contributed by atoms with Gasteiger partial charge in [-0.1, -0.05) is 73.5 Å². The number of rotatable bonds is 10. The van der Waals surface area contributed by atoms with Crippen molar-refractivity contribution in [3.8, 4) is 0 Å². The van der Waals surface area contributed by atoms with Gasteiger partial charge in [-0.25, -0.2) is 0 Å². The maximum Gasteiger partial charge on any atom is 0.278 e. The Labute approximate surface area is 201 Å². The van der Waals surface area contributed by atoms with Gasteiger partial charge in [-0.15, -0.1) is 0 Å². The standard InChI is InChI=1S/C29H32N2O3/c1-4-5-17-34-18-9-16-31-28(32)26(23-15-14-20(2)19-21(23)3)27(29(31)33)30-25-13-8-11-22-10-6-7-12-24(22)25/h6-8,10-15,19,30H,4-5,9,16-18H2,1-3H3. The first-order chi connectivity index (χ1) is 16.5. The number of carbonyl (C=O) groups is 2. The number of hydrogen-bond donors (Lipinski definition) is 1. The second-order valence-corrected chi connectivity index (χ2v) is 8.80. The van der Waals surface area contributed by atoms with Gasteiger partial charge in [0.2, 0.25) is 0 Å². The van der Waals surface area contributed by atoms with Crippen LogP contribution in [0.1, 0.15) is 42.9 Å². The van der Waals surface area contributed by atoms with Crippen molar-refractivity contribution >= 4 is 33.8 Å². The van der Waals surface area contributed by atoms with E-state index in [9.17, 15) is 9.59 Å². The number of ether oxygens (including phenoxy) is 1. The second-order valence-electron chi connectivity index (χ2n) is 8.80. The van der Waals surface area contributed by atoms with Crippen molar-refractivity contribution in [2.75, 3.05) is 25.1 Å². The Morgan fingerprint density at radius 2 is 1.65 bits per heavy atom. The molecule has 0 atom stereocenters. The molecule has 0 aliphatic carbocycles. The number of imide groups is 1. The van der Waals surface area contributed by atoms with Crippen LogP contribution in [0, 0.1) is 13.8 Å². The highest BCUT2D eigenvalue weighted by Gasteiger charge is 2.39. The first-order valence-corrected chi connectivity index (χ1v) is 12.0. The third-order valence-electron chi connectivity index (χ3n) is 6.18. The Hall–Kier alpha value is -3.44. The van der Waals surface area contributed by atoms with Crippen LogP contribution in [-0.2, 0) is 14.3 Å². The van der Waals surface area contributed by atoms with Crippen molar-refractivity contribution in [2.45, 2.75) is 40.0 Å². The van der Waals surface area contributed by atoms with Crippen LogP contribution in [0.3, 0.4) is 0 Å². The topological polar surface area (TPSA) is 58.6 Å². The third kappa shape index (κ3) is 4.90. The van der Waals surface area contributed by atoms with Gasteiger partial charge in [0.1, 0.15) is 5.70 Å². The summed E-state index contributed by atoms with van der Waals surface area (Å²) in [6, 6.07) is 19.9. The lowest BCUT2D eigenvalue weighted by Gasteiger charge is -2.16. The maximum atomic E-state index is 13.6. The van der Waals surface area contributed by atoms with Gasteiger partial charge in [0.25, 0.3) is 11.8 Å². The van der Waals surface area contributed by atoms with Crippen LogP contribution in [-0.4, -0.2) is 36.5 Å². The van der Waals surface area contributed by atoms with Crippen molar-refractivity contribution in [1.82, 2.24) is 4.90 Å². The summed E-state index contributed by atoms with van der Waals surface area (Å²) < 4.78 is 5.64. The number of nitrogens with zero attached hydrogens (tertiary/aromatic N) is 1. The largest absolute Gasteiger partial charge is 0.381 e. The Morgan fingerprint density at radius 3 is 2.44 bits per heavy atom. The van der Waals surface area contributed by atoms with Gasteiger partial charge < -0.3 is 10.1 Å². The Kier molecular flexibility index (Phi) is 7.43. The molecule has 0 saturated carbocycles. The zero-order valence-corrected chi connectivity index (χ0v) is 20.2. The highest BCUT2D eigenvalue weighted by atomic mass is 16.5. The van der Waals surface area contributed by atoms with E-state index >= 15 is 0 Å². The van der Waals surface area contributed by atoms with Crippen LogP contribution < -0.4 is 5.32 Å². The molecule has 0 unspecified atom stereocenters. The first-order valence-electron chi connectivity index (χ1n) is 12.0. The normalized spacial score (nSPS) is 13.9. The summed E-state index contributed by atoms with van der Waals surface area (Å²) >= 11 is 0. The van der Waals surface area contributed by atoms with Crippen molar-refractivity contribution in [3.63, 3.8) is 0 Å². The van der Waals surface area contributed by atoms with Gasteiger partial charge in [0.05, 0.1) is 5.57 Å². The summed E-state index contributed by atoms with van der Waals surface area (Å²) in [6.07, 6.45) is 2.71. The van der Waals surface area contributed by atoms with Crippen molar-refractivity contribution in [1.29, 1.82) is 0 Å². The number of amides is 2. The van der Waals surface area contributed by atoms with Crippen LogP contribution in [0.5, 0.6) is 0 Å². The fourth-order valence-electron chi connectivity index (χ4n) is 4.38.